The van der Waals surface area contributed by atoms with E-state index >= 15 is 0 Å². The quantitative estimate of drug-likeness (QED) is 0.0732. The lowest BCUT2D eigenvalue weighted by atomic mass is 10.0. The Bertz CT molecular complexity index is 1370. The van der Waals surface area contributed by atoms with Gasteiger partial charge in [-0.15, -0.1) is 0 Å². The van der Waals surface area contributed by atoms with Crippen molar-refractivity contribution in [2.24, 2.45) is 11.7 Å². The first-order chi connectivity index (χ1) is 22.4. The summed E-state index contributed by atoms with van der Waals surface area (Å²) in [7, 11) is -5.08. The summed E-state index contributed by atoms with van der Waals surface area (Å²) in [6.07, 6.45) is 2.53. The van der Waals surface area contributed by atoms with Gasteiger partial charge in [-0.05, 0) is 39.0 Å². The number of amides is 6. The van der Waals surface area contributed by atoms with Crippen LogP contribution in [0.15, 0.2) is 12.5 Å². The number of carbonyl (C=O) groups is 6. The summed E-state index contributed by atoms with van der Waals surface area (Å²) < 4.78 is 17.4. The Kier molecular flexibility index (Phi) is 15.1. The number of aliphatic hydroxyl groups excluding tert-OH is 1. The molecule has 2 rings (SSSR count). The molecule has 0 aromatic carbocycles. The van der Waals surface area contributed by atoms with Crippen molar-refractivity contribution in [3.05, 3.63) is 18.2 Å². The summed E-state index contributed by atoms with van der Waals surface area (Å²) in [4.78, 5) is 101. The van der Waals surface area contributed by atoms with Crippen LogP contribution in [0.25, 0.3) is 0 Å². The fourth-order valence-electron chi connectivity index (χ4n) is 5.30. The van der Waals surface area contributed by atoms with Crippen LogP contribution in [0.1, 0.15) is 59.6 Å². The number of likely N-dealkylation sites (tertiary alicyclic amines) is 1. The number of aryl methyl sites for hydroxylation is 1. The van der Waals surface area contributed by atoms with Crippen LogP contribution in [-0.2, 0) is 50.8 Å². The van der Waals surface area contributed by atoms with Gasteiger partial charge < -0.3 is 51.4 Å². The minimum absolute atomic E-state index is 0.0695. The molecule has 0 radical (unpaired) electrons. The molecular weight excluding hydrogens is 655 g/mol. The second-order valence-electron chi connectivity index (χ2n) is 11.9. The van der Waals surface area contributed by atoms with Crippen molar-refractivity contribution in [2.75, 3.05) is 13.2 Å². The summed E-state index contributed by atoms with van der Waals surface area (Å²) in [5.74, 6) is -4.84. The number of primary amides is 1. The van der Waals surface area contributed by atoms with Crippen LogP contribution in [0.5, 0.6) is 0 Å². The third-order valence-electron chi connectivity index (χ3n) is 7.68. The van der Waals surface area contributed by atoms with Crippen LogP contribution < -0.4 is 27.0 Å². The average molecular weight is 703 g/mol. The largest absolute Gasteiger partial charge is 0.469 e. The molecule has 20 heteroatoms. The molecule has 48 heavy (non-hydrogen) atoms. The number of aromatic nitrogens is 2. The van der Waals surface area contributed by atoms with Gasteiger partial charge in [0.25, 0.3) is 0 Å². The summed E-state index contributed by atoms with van der Waals surface area (Å²) in [5.41, 5.74) is 5.81. The molecule has 19 nitrogen and oxygen atoms in total. The summed E-state index contributed by atoms with van der Waals surface area (Å²) >= 11 is 0. The Labute approximate surface area is 278 Å². The van der Waals surface area contributed by atoms with Crippen LogP contribution in [-0.4, -0.2) is 114 Å². The van der Waals surface area contributed by atoms with Gasteiger partial charge in [0, 0.05) is 38.3 Å². The highest BCUT2D eigenvalue weighted by Gasteiger charge is 2.37. The van der Waals surface area contributed by atoms with E-state index in [1.807, 2.05) is 20.8 Å². The fraction of sp³-hybridized carbons (Fsp3) is 0.679. The zero-order chi connectivity index (χ0) is 36.3. The second kappa shape index (κ2) is 18.0. The molecule has 6 amide bonds. The van der Waals surface area contributed by atoms with Gasteiger partial charge in [0.2, 0.25) is 35.4 Å². The number of aliphatic hydroxyl groups is 1. The van der Waals surface area contributed by atoms with Gasteiger partial charge in [0.15, 0.2) is 0 Å². The number of nitrogens with two attached hydrogens (primary N) is 1. The van der Waals surface area contributed by atoms with Crippen LogP contribution in [0.3, 0.4) is 0 Å². The number of hydrogen-bond acceptors (Lipinski definition) is 10. The van der Waals surface area contributed by atoms with Gasteiger partial charge in [0.1, 0.15) is 30.2 Å². The molecule has 0 saturated carbocycles. The number of hydrogen-bond donors (Lipinski definition) is 8. The van der Waals surface area contributed by atoms with E-state index in [4.69, 9.17) is 15.5 Å². The average Bonchev–Trinajstić information content (AvgIpc) is 3.66. The molecule has 1 saturated heterocycles. The third kappa shape index (κ3) is 12.0. The predicted octanol–water partition coefficient (Wildman–Crippen LogP) is -2.58. The summed E-state index contributed by atoms with van der Waals surface area (Å²) in [6, 6.07) is -6.67. The Morgan fingerprint density at radius 3 is 2.17 bits per heavy atom. The van der Waals surface area contributed by atoms with Crippen LogP contribution >= 0.6 is 7.82 Å². The van der Waals surface area contributed by atoms with Crippen molar-refractivity contribution in [3.63, 3.8) is 0 Å². The molecule has 9 N–H and O–H groups in total. The van der Waals surface area contributed by atoms with Crippen molar-refractivity contribution in [1.29, 1.82) is 0 Å². The maximum absolute atomic E-state index is 13.7. The number of phosphoric acid groups is 1. The van der Waals surface area contributed by atoms with Crippen molar-refractivity contribution in [1.82, 2.24) is 35.7 Å². The molecule has 2 unspecified atom stereocenters. The Hall–Kier alpha value is -3.90. The van der Waals surface area contributed by atoms with Gasteiger partial charge in [-0.25, -0.2) is 9.55 Å². The smallest absolute Gasteiger partial charge is 0.394 e. The van der Waals surface area contributed by atoms with E-state index in [0.717, 1.165) is 6.92 Å². The van der Waals surface area contributed by atoms with E-state index in [1.165, 1.54) is 24.3 Å². The molecule has 2 heterocycles. The Morgan fingerprint density at radius 2 is 1.62 bits per heavy atom. The molecule has 0 spiro atoms. The Morgan fingerprint density at radius 1 is 1.02 bits per heavy atom. The molecular formula is C28H47N8O11P. The van der Waals surface area contributed by atoms with E-state index in [-0.39, 0.29) is 24.7 Å². The molecule has 270 valence electrons. The lowest BCUT2D eigenvalue weighted by Crippen LogP contribution is -2.61. The van der Waals surface area contributed by atoms with E-state index < -0.39 is 80.3 Å². The number of phosphoric ester groups is 1. The number of rotatable bonds is 18. The molecule has 0 aliphatic carbocycles. The monoisotopic (exact) mass is 702 g/mol. The van der Waals surface area contributed by atoms with Crippen molar-refractivity contribution in [3.8, 4) is 0 Å². The highest BCUT2D eigenvalue weighted by Crippen LogP contribution is 2.38. The van der Waals surface area contributed by atoms with Crippen molar-refractivity contribution < 1.29 is 52.7 Å². The van der Waals surface area contributed by atoms with Gasteiger partial charge in [-0.2, -0.15) is 0 Å². The molecule has 1 aliphatic rings. The van der Waals surface area contributed by atoms with E-state index in [1.54, 1.807) is 4.57 Å². The topological polar surface area (TPSA) is 285 Å². The maximum Gasteiger partial charge on any atom is 0.469 e. The second-order valence-corrected chi connectivity index (χ2v) is 13.1. The van der Waals surface area contributed by atoms with Gasteiger partial charge >= 0.3 is 7.82 Å². The molecule has 1 aromatic heterocycles. The minimum Gasteiger partial charge on any atom is -0.394 e. The molecule has 1 aliphatic heterocycles. The first-order valence-electron chi connectivity index (χ1n) is 15.5. The molecule has 1 aromatic rings. The van der Waals surface area contributed by atoms with Crippen LogP contribution in [0, 0.1) is 5.92 Å². The zero-order valence-electron chi connectivity index (χ0n) is 27.6. The standard InChI is InChI=1S/C28H47N8O11P/c1-6-35-14-30-12-18(35)11-20(26(41)33-21(13-37)27(42)34-23(24(29)39)16(4)47-48(44,45)46)31-25(40)19(10-15(2)3)32-28(43)22-8-7-9-36(22)17(5)38/h12,14-16,19-23,37H,6-11,13H2,1-5H3,(H2,29,39)(H,31,40)(H,32,43)(H,33,41)(H,34,42)(H2,44,45,46)/t16-,19+,20+,21+,22?,23?/m1/s1. The van der Waals surface area contributed by atoms with E-state index in [2.05, 4.69) is 30.8 Å². The van der Waals surface area contributed by atoms with E-state index in [9.17, 15) is 38.4 Å². The molecule has 0 bridgehead atoms. The number of nitrogens with one attached hydrogen (secondary N) is 4. The maximum atomic E-state index is 13.7. The van der Waals surface area contributed by atoms with Gasteiger partial charge in [0.05, 0.1) is 19.0 Å². The molecule has 1 fully saturated rings. The Balaban J connectivity index is 2.30. The predicted molar refractivity (Wildman–Crippen MR) is 168 cm³/mol. The first kappa shape index (κ1) is 40.3. The SMILES string of the molecule is CCn1cncc1C[C@H](NC(=O)[C@H](CC(C)C)NC(=O)C1CCCN1C(C)=O)C(=O)N[C@@H](CO)C(=O)NC(C(N)=O)[C@@H](C)OP(=O)(O)O. The lowest BCUT2D eigenvalue weighted by Gasteiger charge is -2.28. The minimum atomic E-state index is -5.08. The lowest BCUT2D eigenvalue weighted by molar-refractivity contribution is -0.139. The molecule has 6 atom stereocenters. The summed E-state index contributed by atoms with van der Waals surface area (Å²) in [6.45, 7) is 7.84. The van der Waals surface area contributed by atoms with Crippen LogP contribution in [0.2, 0.25) is 0 Å². The first-order valence-corrected chi connectivity index (χ1v) is 17.0. The highest BCUT2D eigenvalue weighted by molar-refractivity contribution is 7.46. The fourth-order valence-corrected chi connectivity index (χ4v) is 5.85. The van der Waals surface area contributed by atoms with Gasteiger partial charge in [-0.3, -0.25) is 33.3 Å². The van der Waals surface area contributed by atoms with Crippen molar-refractivity contribution in [2.45, 2.75) is 103 Å². The normalized spacial score (nSPS) is 17.9. The number of nitrogens with zero attached hydrogens (tertiary/aromatic N) is 3. The van der Waals surface area contributed by atoms with Gasteiger partial charge in [-0.1, -0.05) is 13.8 Å². The zero-order valence-corrected chi connectivity index (χ0v) is 28.5. The van der Waals surface area contributed by atoms with Crippen LogP contribution in [0.4, 0.5) is 0 Å². The third-order valence-corrected chi connectivity index (χ3v) is 8.29. The number of carbonyl (C=O) groups excluding carboxylic acids is 6. The highest BCUT2D eigenvalue weighted by atomic mass is 31.2. The van der Waals surface area contributed by atoms with Crippen molar-refractivity contribution >= 4 is 43.3 Å². The number of imidazole rings is 1. The van der Waals surface area contributed by atoms with E-state index in [0.29, 0.717) is 31.6 Å². The summed E-state index contributed by atoms with van der Waals surface area (Å²) in [5, 5.41) is 19.7.